The monoisotopic (exact) mass is 314 g/mol. The van der Waals surface area contributed by atoms with Crippen LogP contribution in [-0.4, -0.2) is 18.0 Å². The van der Waals surface area contributed by atoms with E-state index in [0.29, 0.717) is 23.3 Å². The largest absolute Gasteiger partial charge is 0.494 e. The van der Waals surface area contributed by atoms with Gasteiger partial charge in [-0.1, -0.05) is 19.1 Å². The van der Waals surface area contributed by atoms with Gasteiger partial charge in [0.2, 0.25) is 5.91 Å². The first-order chi connectivity index (χ1) is 11.1. The van der Waals surface area contributed by atoms with E-state index in [4.69, 9.17) is 9.15 Å². The molecule has 118 valence electrons. The molecule has 2 aromatic carbocycles. The van der Waals surface area contributed by atoms with Crippen LogP contribution in [-0.2, 0) is 4.79 Å². The molecule has 5 nitrogen and oxygen atoms in total. The number of oxazole rings is 1. The Morgan fingerprint density at radius 3 is 2.65 bits per heavy atom. The molecular formula is C17H15FN2O3. The summed E-state index contributed by atoms with van der Waals surface area (Å²) < 4.78 is 24.1. The van der Waals surface area contributed by atoms with Crippen molar-refractivity contribution in [2.45, 2.75) is 13.3 Å². The predicted octanol–water partition coefficient (Wildman–Crippen LogP) is 3.99. The molecule has 1 amide bonds. The highest BCUT2D eigenvalue weighted by molar-refractivity contribution is 5.96. The third-order valence-electron chi connectivity index (χ3n) is 3.45. The van der Waals surface area contributed by atoms with Gasteiger partial charge in [0.25, 0.3) is 0 Å². The number of nitrogens with one attached hydrogen (secondary N) is 1. The number of anilines is 1. The molecule has 0 aliphatic carbocycles. The number of methoxy groups -OCH3 is 1. The van der Waals surface area contributed by atoms with Gasteiger partial charge >= 0.3 is 6.01 Å². The van der Waals surface area contributed by atoms with Crippen LogP contribution >= 0.6 is 0 Å². The van der Waals surface area contributed by atoms with Gasteiger partial charge in [0.15, 0.2) is 11.1 Å². The fourth-order valence-electron chi connectivity index (χ4n) is 2.27. The zero-order valence-electron chi connectivity index (χ0n) is 12.7. The molecule has 23 heavy (non-hydrogen) atoms. The van der Waals surface area contributed by atoms with Crippen molar-refractivity contribution in [3.63, 3.8) is 0 Å². The third-order valence-corrected chi connectivity index (χ3v) is 3.45. The summed E-state index contributed by atoms with van der Waals surface area (Å²) in [6.07, 6.45) is 0.320. The van der Waals surface area contributed by atoms with Crippen LogP contribution in [0.4, 0.5) is 10.4 Å². The number of halogens is 1. The number of amides is 1. The second-order valence-electron chi connectivity index (χ2n) is 4.92. The first-order valence-corrected chi connectivity index (χ1v) is 7.15. The van der Waals surface area contributed by atoms with Crippen molar-refractivity contribution in [2.24, 2.45) is 0 Å². The summed E-state index contributed by atoms with van der Waals surface area (Å²) in [6, 6.07) is 9.75. The lowest BCUT2D eigenvalue weighted by Gasteiger charge is -2.05. The Kier molecular flexibility index (Phi) is 3.97. The van der Waals surface area contributed by atoms with Crippen molar-refractivity contribution in [3.05, 3.63) is 42.2 Å². The number of carbonyl (C=O) groups is 1. The molecule has 0 saturated carbocycles. The number of nitrogens with zero attached hydrogens (tertiary/aromatic N) is 1. The van der Waals surface area contributed by atoms with Crippen LogP contribution in [0.5, 0.6) is 5.75 Å². The number of hydrogen-bond donors (Lipinski definition) is 1. The quantitative estimate of drug-likeness (QED) is 0.791. The average Bonchev–Trinajstić information content (AvgIpc) is 2.98. The second kappa shape index (κ2) is 6.08. The van der Waals surface area contributed by atoms with Gasteiger partial charge in [0.1, 0.15) is 11.6 Å². The van der Waals surface area contributed by atoms with Crippen LogP contribution in [0.15, 0.2) is 40.8 Å². The fraction of sp³-hybridized carbons (Fsp3) is 0.176. The predicted molar refractivity (Wildman–Crippen MR) is 84.9 cm³/mol. The zero-order valence-corrected chi connectivity index (χ0v) is 12.7. The summed E-state index contributed by atoms with van der Waals surface area (Å²) in [4.78, 5) is 15.8. The van der Waals surface area contributed by atoms with Crippen LogP contribution in [0.1, 0.15) is 13.3 Å². The molecule has 3 rings (SSSR count). The average molecular weight is 314 g/mol. The molecule has 6 heteroatoms. The number of carbonyl (C=O) groups excluding carboxylic acids is 1. The van der Waals surface area contributed by atoms with E-state index >= 15 is 0 Å². The molecule has 1 N–H and O–H groups in total. The molecule has 3 aromatic rings. The number of fused-ring (bicyclic) bond motifs is 1. The highest BCUT2D eigenvalue weighted by Gasteiger charge is 2.17. The Morgan fingerprint density at radius 1 is 1.26 bits per heavy atom. The fourth-order valence-corrected chi connectivity index (χ4v) is 2.27. The molecule has 0 radical (unpaired) electrons. The summed E-state index contributed by atoms with van der Waals surface area (Å²) in [6.45, 7) is 1.74. The van der Waals surface area contributed by atoms with Crippen molar-refractivity contribution in [1.82, 2.24) is 4.98 Å². The van der Waals surface area contributed by atoms with E-state index in [0.717, 1.165) is 11.1 Å². The van der Waals surface area contributed by atoms with Gasteiger partial charge in [-0.3, -0.25) is 10.1 Å². The van der Waals surface area contributed by atoms with Crippen molar-refractivity contribution >= 4 is 23.0 Å². The van der Waals surface area contributed by atoms with Crippen LogP contribution in [0.2, 0.25) is 0 Å². The van der Waals surface area contributed by atoms with Crippen molar-refractivity contribution in [1.29, 1.82) is 0 Å². The van der Waals surface area contributed by atoms with Crippen LogP contribution in [0, 0.1) is 5.82 Å². The molecule has 0 aliphatic heterocycles. The Morgan fingerprint density at radius 2 is 2.00 bits per heavy atom. The van der Waals surface area contributed by atoms with Crippen LogP contribution in [0.3, 0.4) is 0 Å². The van der Waals surface area contributed by atoms with Gasteiger partial charge in [-0.05, 0) is 29.8 Å². The molecule has 0 aliphatic rings. The molecule has 0 unspecified atom stereocenters. The summed E-state index contributed by atoms with van der Waals surface area (Å²) in [5.41, 5.74) is 2.50. The van der Waals surface area contributed by atoms with E-state index in [1.165, 1.54) is 19.2 Å². The standard InChI is InChI=1S/C17H15FN2O3/c1-3-14(21)19-17-20-15-13(22-2)9-8-12(16(15)23-17)10-4-6-11(18)7-5-10/h4-9H,3H2,1-2H3,(H,19,20,21). The van der Waals surface area contributed by atoms with Crippen molar-refractivity contribution in [3.8, 4) is 16.9 Å². The summed E-state index contributed by atoms with van der Waals surface area (Å²) in [7, 11) is 1.53. The van der Waals surface area contributed by atoms with E-state index in [9.17, 15) is 9.18 Å². The minimum absolute atomic E-state index is 0.111. The SMILES string of the molecule is CCC(=O)Nc1nc2c(OC)ccc(-c3ccc(F)cc3)c2o1. The molecule has 0 bridgehead atoms. The number of benzene rings is 2. The highest BCUT2D eigenvalue weighted by atomic mass is 19.1. The van der Waals surface area contributed by atoms with E-state index in [-0.39, 0.29) is 17.7 Å². The van der Waals surface area contributed by atoms with Crippen molar-refractivity contribution in [2.75, 3.05) is 12.4 Å². The highest BCUT2D eigenvalue weighted by Crippen LogP contribution is 2.36. The number of rotatable bonds is 4. The van der Waals surface area contributed by atoms with Crippen LogP contribution < -0.4 is 10.1 Å². The molecule has 0 fully saturated rings. The first kappa shape index (κ1) is 15.0. The van der Waals surface area contributed by atoms with Gasteiger partial charge < -0.3 is 9.15 Å². The Hall–Kier alpha value is -2.89. The van der Waals surface area contributed by atoms with Gasteiger partial charge in [-0.25, -0.2) is 4.39 Å². The lowest BCUT2D eigenvalue weighted by atomic mass is 10.0. The minimum atomic E-state index is -0.313. The molecule has 0 saturated heterocycles. The van der Waals surface area contributed by atoms with Crippen LogP contribution in [0.25, 0.3) is 22.2 Å². The van der Waals surface area contributed by atoms with Gasteiger partial charge in [-0.15, -0.1) is 0 Å². The maximum atomic E-state index is 13.1. The Labute approximate surface area is 132 Å². The summed E-state index contributed by atoms with van der Waals surface area (Å²) in [5.74, 6) is 0.0254. The van der Waals surface area contributed by atoms with E-state index in [1.807, 2.05) is 6.07 Å². The molecule has 1 aromatic heterocycles. The molecule has 1 heterocycles. The lowest BCUT2D eigenvalue weighted by molar-refractivity contribution is -0.116. The Bertz CT molecular complexity index is 856. The Balaban J connectivity index is 2.15. The number of ether oxygens (including phenoxy) is 1. The van der Waals surface area contributed by atoms with Crippen molar-refractivity contribution < 1.29 is 18.3 Å². The van der Waals surface area contributed by atoms with E-state index < -0.39 is 0 Å². The zero-order chi connectivity index (χ0) is 16.4. The van der Waals surface area contributed by atoms with Gasteiger partial charge in [-0.2, -0.15) is 4.98 Å². The second-order valence-corrected chi connectivity index (χ2v) is 4.92. The maximum Gasteiger partial charge on any atom is 0.302 e. The van der Waals surface area contributed by atoms with Gasteiger partial charge in [0.05, 0.1) is 7.11 Å². The minimum Gasteiger partial charge on any atom is -0.494 e. The topological polar surface area (TPSA) is 64.4 Å². The summed E-state index contributed by atoms with van der Waals surface area (Å²) >= 11 is 0. The van der Waals surface area contributed by atoms with E-state index in [2.05, 4.69) is 10.3 Å². The number of hydrogen-bond acceptors (Lipinski definition) is 4. The lowest BCUT2D eigenvalue weighted by Crippen LogP contribution is -2.09. The maximum absolute atomic E-state index is 13.1. The smallest absolute Gasteiger partial charge is 0.302 e. The normalized spacial score (nSPS) is 10.7. The summed E-state index contributed by atoms with van der Waals surface area (Å²) in [5, 5.41) is 2.59. The number of aromatic nitrogens is 1. The third kappa shape index (κ3) is 2.88. The van der Waals surface area contributed by atoms with Gasteiger partial charge in [0, 0.05) is 12.0 Å². The van der Waals surface area contributed by atoms with E-state index in [1.54, 1.807) is 25.1 Å². The molecule has 0 spiro atoms. The molecule has 0 atom stereocenters. The first-order valence-electron chi connectivity index (χ1n) is 7.15. The molecular weight excluding hydrogens is 299 g/mol.